The van der Waals surface area contributed by atoms with Gasteiger partial charge in [0.05, 0.1) is 11.1 Å². The minimum absolute atomic E-state index is 0.116. The normalized spacial score (nSPS) is 18.5. The second kappa shape index (κ2) is 6.32. The van der Waals surface area contributed by atoms with Crippen molar-refractivity contribution in [3.63, 3.8) is 0 Å². The van der Waals surface area contributed by atoms with E-state index < -0.39 is 0 Å². The molecule has 0 bridgehead atoms. The maximum absolute atomic E-state index is 13.6. The molecule has 22 heavy (non-hydrogen) atoms. The van der Waals surface area contributed by atoms with E-state index in [2.05, 4.69) is 26.6 Å². The van der Waals surface area contributed by atoms with Crippen molar-refractivity contribution in [1.29, 1.82) is 0 Å². The monoisotopic (exact) mass is 324 g/mol. The van der Waals surface area contributed by atoms with Crippen LogP contribution in [0.1, 0.15) is 30.2 Å². The van der Waals surface area contributed by atoms with E-state index in [1.165, 1.54) is 6.07 Å². The van der Waals surface area contributed by atoms with Crippen LogP contribution in [0.4, 0.5) is 4.39 Å². The molecule has 1 aliphatic heterocycles. The fourth-order valence-corrected chi connectivity index (χ4v) is 2.93. The molecule has 3 rings (SSSR count). The third-order valence-corrected chi connectivity index (χ3v) is 4.34. The highest BCUT2D eigenvalue weighted by Gasteiger charge is 2.28. The third-order valence-electron chi connectivity index (χ3n) is 4.03. The molecule has 0 aliphatic carbocycles. The summed E-state index contributed by atoms with van der Waals surface area (Å²) in [5.74, 6) is 1.39. The van der Waals surface area contributed by atoms with Gasteiger partial charge in [0.25, 0.3) is 0 Å². The summed E-state index contributed by atoms with van der Waals surface area (Å²) >= 11 is 5.73. The smallest absolute Gasteiger partial charge is 0.159 e. The molecule has 5 nitrogen and oxygen atoms in total. The molecule has 0 N–H and O–H groups in total. The van der Waals surface area contributed by atoms with E-state index in [-0.39, 0.29) is 16.9 Å². The molecule has 0 radical (unpaired) electrons. The van der Waals surface area contributed by atoms with E-state index in [9.17, 15) is 4.39 Å². The molecule has 1 atom stereocenters. The lowest BCUT2D eigenvalue weighted by Gasteiger charge is -2.33. The van der Waals surface area contributed by atoms with Crippen molar-refractivity contribution in [1.82, 2.24) is 19.7 Å². The molecule has 2 heterocycles. The van der Waals surface area contributed by atoms with Crippen molar-refractivity contribution in [3.05, 3.63) is 46.3 Å². The Morgan fingerprint density at radius 1 is 1.36 bits per heavy atom. The first-order chi connectivity index (χ1) is 10.6. The zero-order valence-electron chi connectivity index (χ0n) is 12.6. The lowest BCUT2D eigenvalue weighted by molar-refractivity contribution is 0.143. The highest BCUT2D eigenvalue weighted by molar-refractivity contribution is 6.30. The molecule has 0 fully saturated rings. The number of hydrogen-bond acceptors (Lipinski definition) is 4. The Kier molecular flexibility index (Phi) is 4.42. The summed E-state index contributed by atoms with van der Waals surface area (Å²) in [6.45, 7) is 4.86. The van der Waals surface area contributed by atoms with E-state index in [4.69, 9.17) is 16.3 Å². The first-order valence-corrected chi connectivity index (χ1v) is 7.57. The maximum atomic E-state index is 13.6. The van der Waals surface area contributed by atoms with Crippen molar-refractivity contribution >= 4 is 11.6 Å². The van der Waals surface area contributed by atoms with Gasteiger partial charge in [0, 0.05) is 26.7 Å². The van der Waals surface area contributed by atoms with Crippen LogP contribution in [0.2, 0.25) is 5.02 Å². The van der Waals surface area contributed by atoms with E-state index in [0.717, 1.165) is 30.3 Å². The van der Waals surface area contributed by atoms with Gasteiger partial charge in [-0.1, -0.05) is 17.7 Å². The molecule has 7 heteroatoms. The topological polar surface area (TPSA) is 43.2 Å². The summed E-state index contributed by atoms with van der Waals surface area (Å²) in [6.07, 6.45) is 0. The number of rotatable bonds is 4. The average Bonchev–Trinajstić information content (AvgIpc) is 2.90. The van der Waals surface area contributed by atoms with E-state index in [1.807, 2.05) is 6.07 Å². The third kappa shape index (κ3) is 2.86. The average molecular weight is 325 g/mol. The van der Waals surface area contributed by atoms with Gasteiger partial charge in [-0.05, 0) is 24.6 Å². The molecular formula is C15H18ClFN4O. The number of benzene rings is 1. The Morgan fingerprint density at radius 2 is 2.18 bits per heavy atom. The highest BCUT2D eigenvalue weighted by atomic mass is 35.5. The largest absolute Gasteiger partial charge is 0.377 e. The van der Waals surface area contributed by atoms with Gasteiger partial charge in [0.15, 0.2) is 5.82 Å². The lowest BCUT2D eigenvalue weighted by atomic mass is 10.1. The minimum Gasteiger partial charge on any atom is -0.377 e. The van der Waals surface area contributed by atoms with Crippen molar-refractivity contribution in [2.45, 2.75) is 32.7 Å². The predicted molar refractivity (Wildman–Crippen MR) is 81.0 cm³/mol. The van der Waals surface area contributed by atoms with Crippen molar-refractivity contribution in [2.24, 2.45) is 0 Å². The van der Waals surface area contributed by atoms with Crippen LogP contribution >= 0.6 is 11.6 Å². The van der Waals surface area contributed by atoms with Gasteiger partial charge >= 0.3 is 0 Å². The second-order valence-electron chi connectivity index (χ2n) is 5.45. The first-order valence-electron chi connectivity index (χ1n) is 7.19. The maximum Gasteiger partial charge on any atom is 0.159 e. The van der Waals surface area contributed by atoms with Gasteiger partial charge in [-0.25, -0.2) is 4.39 Å². The molecule has 0 saturated carbocycles. The number of ether oxygens (including phenoxy) is 1. The van der Waals surface area contributed by atoms with Crippen molar-refractivity contribution < 1.29 is 9.13 Å². The highest BCUT2D eigenvalue weighted by Crippen LogP contribution is 2.27. The van der Waals surface area contributed by atoms with Crippen LogP contribution in [0.15, 0.2) is 18.2 Å². The Labute approximate surface area is 133 Å². The summed E-state index contributed by atoms with van der Waals surface area (Å²) in [6, 6.07) is 5.06. The van der Waals surface area contributed by atoms with Crippen LogP contribution < -0.4 is 0 Å². The minimum atomic E-state index is -0.380. The lowest BCUT2D eigenvalue weighted by Crippen LogP contribution is -2.37. The van der Waals surface area contributed by atoms with Crippen molar-refractivity contribution in [3.8, 4) is 0 Å². The van der Waals surface area contributed by atoms with Gasteiger partial charge in [-0.2, -0.15) is 0 Å². The van der Waals surface area contributed by atoms with Gasteiger partial charge in [-0.15, -0.1) is 10.2 Å². The summed E-state index contributed by atoms with van der Waals surface area (Å²) in [5.41, 5.74) is 0.902. The summed E-state index contributed by atoms with van der Waals surface area (Å²) in [4.78, 5) is 2.25. The van der Waals surface area contributed by atoms with Crippen LogP contribution in [-0.2, 0) is 24.4 Å². The number of aromatic nitrogens is 3. The van der Waals surface area contributed by atoms with E-state index >= 15 is 0 Å². The standard InChI is InChI=1S/C15H18ClFN4O/c1-10-15-19-18-14(9-22-2)21(15)6-5-20(10)8-11-3-4-12(16)13(17)7-11/h3-4,7,10H,5-6,8-9H2,1-2H3/t10-/m1/s1. The predicted octanol–water partition coefficient (Wildman–Crippen LogP) is 2.79. The summed E-state index contributed by atoms with van der Waals surface area (Å²) in [7, 11) is 1.65. The first kappa shape index (κ1) is 15.4. The molecule has 0 spiro atoms. The summed E-state index contributed by atoms with van der Waals surface area (Å²) in [5, 5.41) is 8.62. The molecule has 2 aromatic rings. The molecule has 1 aromatic carbocycles. The summed E-state index contributed by atoms with van der Waals surface area (Å²) < 4.78 is 20.8. The molecule has 1 aromatic heterocycles. The zero-order chi connectivity index (χ0) is 15.7. The molecular weight excluding hydrogens is 307 g/mol. The second-order valence-corrected chi connectivity index (χ2v) is 5.86. The number of halogens is 2. The van der Waals surface area contributed by atoms with Crippen LogP contribution in [-0.4, -0.2) is 33.3 Å². The van der Waals surface area contributed by atoms with Crippen LogP contribution in [0.3, 0.4) is 0 Å². The molecule has 1 aliphatic rings. The number of methoxy groups -OCH3 is 1. The Bertz CT molecular complexity index is 676. The Morgan fingerprint density at radius 3 is 2.91 bits per heavy atom. The van der Waals surface area contributed by atoms with Gasteiger partial charge in [0.2, 0.25) is 0 Å². The van der Waals surface area contributed by atoms with Crippen LogP contribution in [0.25, 0.3) is 0 Å². The van der Waals surface area contributed by atoms with Crippen LogP contribution in [0, 0.1) is 5.82 Å². The SMILES string of the molecule is COCc1nnc2n1CCN(Cc1ccc(Cl)c(F)c1)[C@@H]2C. The van der Waals surface area contributed by atoms with Crippen LogP contribution in [0.5, 0.6) is 0 Å². The van der Waals surface area contributed by atoms with E-state index in [0.29, 0.717) is 13.2 Å². The molecule has 0 amide bonds. The van der Waals surface area contributed by atoms with Gasteiger partial charge < -0.3 is 9.30 Å². The Balaban J connectivity index is 1.77. The number of nitrogens with zero attached hydrogens (tertiary/aromatic N) is 4. The zero-order valence-corrected chi connectivity index (χ0v) is 13.3. The fraction of sp³-hybridized carbons (Fsp3) is 0.467. The number of hydrogen-bond donors (Lipinski definition) is 0. The molecule has 0 saturated heterocycles. The van der Waals surface area contributed by atoms with Gasteiger partial charge in [0.1, 0.15) is 18.2 Å². The molecule has 118 valence electrons. The fourth-order valence-electron chi connectivity index (χ4n) is 2.81. The van der Waals surface area contributed by atoms with E-state index in [1.54, 1.807) is 13.2 Å². The van der Waals surface area contributed by atoms with Gasteiger partial charge in [-0.3, -0.25) is 4.90 Å². The van der Waals surface area contributed by atoms with Crippen molar-refractivity contribution in [2.75, 3.05) is 13.7 Å². The number of fused-ring (bicyclic) bond motifs is 1. The Hall–Kier alpha value is -1.50. The quantitative estimate of drug-likeness (QED) is 0.867. The molecule has 0 unspecified atom stereocenters.